The normalized spacial score (nSPS) is 20.7. The molecule has 42 heavy (non-hydrogen) atoms. The Kier molecular flexibility index (Phi) is 11.0. The standard InChI is InChI=1S/C33H42ClN5O2S/c1-2-24(25-9-5-3-6-10-25)23-39-20-15-28(36-29(33(39)41)16-19-38-17-7-4-8-18-38)22-35-32(40)30-21-31(42-37-30)26-11-13-27(34)14-12-26/h3,5-6,9-14,21,24,28-29,36H,2,4,7-8,15-20,22-23H2,1H3,(H,35,40)/t24-,28-,29-/m1/s1. The van der Waals surface area contributed by atoms with Crippen LogP contribution in [-0.4, -0.2) is 77.3 Å². The van der Waals surface area contributed by atoms with E-state index in [2.05, 4.69) is 56.0 Å². The predicted molar refractivity (Wildman–Crippen MR) is 171 cm³/mol. The fourth-order valence-electron chi connectivity index (χ4n) is 6.03. The first-order chi connectivity index (χ1) is 20.5. The second kappa shape index (κ2) is 15.1. The van der Waals surface area contributed by atoms with E-state index in [0.29, 0.717) is 36.3 Å². The van der Waals surface area contributed by atoms with Crippen LogP contribution in [0.5, 0.6) is 0 Å². The maximum Gasteiger partial charge on any atom is 0.271 e. The number of halogens is 1. The number of hydrogen-bond donors (Lipinski definition) is 2. The first kappa shape index (κ1) is 30.7. The van der Waals surface area contributed by atoms with Gasteiger partial charge in [-0.1, -0.05) is 67.4 Å². The van der Waals surface area contributed by atoms with Crippen LogP contribution in [-0.2, 0) is 4.79 Å². The second-order valence-electron chi connectivity index (χ2n) is 11.5. The third-order valence-electron chi connectivity index (χ3n) is 8.56. The van der Waals surface area contributed by atoms with Crippen LogP contribution in [0.2, 0.25) is 5.02 Å². The van der Waals surface area contributed by atoms with Crippen LogP contribution in [0, 0.1) is 0 Å². The van der Waals surface area contributed by atoms with Crippen molar-refractivity contribution in [3.8, 4) is 10.4 Å². The molecule has 0 aliphatic carbocycles. The van der Waals surface area contributed by atoms with E-state index in [9.17, 15) is 9.59 Å². The van der Waals surface area contributed by atoms with E-state index in [-0.39, 0.29) is 23.9 Å². The first-order valence-corrected chi connectivity index (χ1v) is 16.5. The van der Waals surface area contributed by atoms with E-state index in [1.54, 1.807) is 0 Å². The van der Waals surface area contributed by atoms with Crippen molar-refractivity contribution >= 4 is 34.9 Å². The van der Waals surface area contributed by atoms with Crippen molar-refractivity contribution in [2.75, 3.05) is 39.3 Å². The van der Waals surface area contributed by atoms with Gasteiger partial charge in [-0.05, 0) is 86.1 Å². The highest BCUT2D eigenvalue weighted by Gasteiger charge is 2.32. The summed E-state index contributed by atoms with van der Waals surface area (Å²) in [5.74, 6) is 0.289. The lowest BCUT2D eigenvalue weighted by atomic mass is 9.95. The zero-order chi connectivity index (χ0) is 29.3. The molecule has 3 heterocycles. The van der Waals surface area contributed by atoms with Gasteiger partial charge in [-0.3, -0.25) is 9.59 Å². The Morgan fingerprint density at radius 2 is 1.86 bits per heavy atom. The molecule has 1 aromatic heterocycles. The van der Waals surface area contributed by atoms with Crippen LogP contribution in [0.4, 0.5) is 0 Å². The van der Waals surface area contributed by atoms with Gasteiger partial charge in [0.05, 0.1) is 10.9 Å². The molecule has 0 unspecified atom stereocenters. The molecule has 0 spiro atoms. The number of carbonyl (C=O) groups excluding carboxylic acids is 2. The number of amides is 2. The Bertz CT molecular complexity index is 1300. The summed E-state index contributed by atoms with van der Waals surface area (Å²) in [4.78, 5) is 32.4. The summed E-state index contributed by atoms with van der Waals surface area (Å²) in [5, 5.41) is 7.41. The van der Waals surface area contributed by atoms with Crippen molar-refractivity contribution in [1.82, 2.24) is 24.8 Å². The van der Waals surface area contributed by atoms with E-state index in [4.69, 9.17) is 11.6 Å². The van der Waals surface area contributed by atoms with Crippen LogP contribution < -0.4 is 10.6 Å². The predicted octanol–water partition coefficient (Wildman–Crippen LogP) is 5.82. The van der Waals surface area contributed by atoms with Crippen LogP contribution in [0.3, 0.4) is 0 Å². The Balaban J connectivity index is 1.23. The summed E-state index contributed by atoms with van der Waals surface area (Å²) in [6.07, 6.45) is 6.30. The summed E-state index contributed by atoms with van der Waals surface area (Å²) in [6, 6.07) is 19.6. The average molecular weight is 608 g/mol. The van der Waals surface area contributed by atoms with Gasteiger partial charge in [-0.25, -0.2) is 0 Å². The molecule has 0 bridgehead atoms. The van der Waals surface area contributed by atoms with Gasteiger partial charge in [-0.2, -0.15) is 4.37 Å². The van der Waals surface area contributed by atoms with Crippen molar-refractivity contribution in [3.05, 3.63) is 76.9 Å². The minimum Gasteiger partial charge on any atom is -0.349 e. The molecule has 0 saturated carbocycles. The number of nitrogens with one attached hydrogen (secondary N) is 2. The van der Waals surface area contributed by atoms with Crippen LogP contribution >= 0.6 is 23.1 Å². The molecule has 2 aliphatic heterocycles. The summed E-state index contributed by atoms with van der Waals surface area (Å²) < 4.78 is 4.40. The Hall–Kier alpha value is -2.78. The van der Waals surface area contributed by atoms with Crippen molar-refractivity contribution in [2.45, 2.75) is 63.5 Å². The summed E-state index contributed by atoms with van der Waals surface area (Å²) in [6.45, 7) is 7.17. The van der Waals surface area contributed by atoms with E-state index in [1.807, 2.05) is 36.4 Å². The molecule has 5 rings (SSSR count). The highest BCUT2D eigenvalue weighted by Crippen LogP contribution is 2.26. The Morgan fingerprint density at radius 3 is 2.60 bits per heavy atom. The maximum absolute atomic E-state index is 13.9. The molecule has 2 fully saturated rings. The van der Waals surface area contributed by atoms with Crippen molar-refractivity contribution in [3.63, 3.8) is 0 Å². The number of carbonyl (C=O) groups is 2. The quantitative estimate of drug-likeness (QED) is 0.287. The van der Waals surface area contributed by atoms with Crippen molar-refractivity contribution < 1.29 is 9.59 Å². The van der Waals surface area contributed by atoms with Crippen molar-refractivity contribution in [2.24, 2.45) is 0 Å². The highest BCUT2D eigenvalue weighted by molar-refractivity contribution is 7.09. The molecule has 3 atom stereocenters. The zero-order valence-electron chi connectivity index (χ0n) is 24.4. The summed E-state index contributed by atoms with van der Waals surface area (Å²) >= 11 is 7.32. The minimum atomic E-state index is -0.264. The third-order valence-corrected chi connectivity index (χ3v) is 9.65. The molecule has 224 valence electrons. The second-order valence-corrected chi connectivity index (χ2v) is 12.7. The fraction of sp³-hybridized carbons (Fsp3) is 0.485. The Labute approximate surface area is 258 Å². The smallest absolute Gasteiger partial charge is 0.271 e. The molecule has 2 aliphatic rings. The van der Waals surface area contributed by atoms with Crippen molar-refractivity contribution in [1.29, 1.82) is 0 Å². The van der Waals surface area contributed by atoms with Gasteiger partial charge < -0.3 is 20.4 Å². The number of rotatable bonds is 11. The summed E-state index contributed by atoms with van der Waals surface area (Å²) in [5.41, 5.74) is 2.67. The van der Waals surface area contributed by atoms with Gasteiger partial charge in [0.1, 0.15) is 5.69 Å². The van der Waals surface area contributed by atoms with E-state index < -0.39 is 0 Å². The highest BCUT2D eigenvalue weighted by atomic mass is 35.5. The van der Waals surface area contributed by atoms with Gasteiger partial charge in [0.25, 0.3) is 5.91 Å². The number of benzene rings is 2. The minimum absolute atomic E-state index is 0.000397. The lowest BCUT2D eigenvalue weighted by Crippen LogP contribution is -2.50. The molecular weight excluding hydrogens is 566 g/mol. The summed E-state index contributed by atoms with van der Waals surface area (Å²) in [7, 11) is 0. The average Bonchev–Trinajstić information content (AvgIpc) is 3.47. The monoisotopic (exact) mass is 607 g/mol. The maximum atomic E-state index is 13.9. The number of likely N-dealkylation sites (tertiary alicyclic amines) is 1. The lowest BCUT2D eigenvalue weighted by molar-refractivity contribution is -0.133. The third kappa shape index (κ3) is 8.19. The topological polar surface area (TPSA) is 77.6 Å². The Morgan fingerprint density at radius 1 is 1.10 bits per heavy atom. The molecule has 7 nitrogen and oxygen atoms in total. The van der Waals surface area contributed by atoms with E-state index in [0.717, 1.165) is 49.3 Å². The first-order valence-electron chi connectivity index (χ1n) is 15.3. The molecule has 3 aromatic rings. The molecular formula is C33H42ClN5O2S. The van der Waals surface area contributed by atoms with Crippen LogP contribution in [0.15, 0.2) is 60.7 Å². The molecule has 2 N–H and O–H groups in total. The molecule has 2 amide bonds. The largest absolute Gasteiger partial charge is 0.349 e. The van der Waals surface area contributed by atoms with Gasteiger partial charge in [-0.15, -0.1) is 0 Å². The van der Waals surface area contributed by atoms with E-state index in [1.165, 1.54) is 36.4 Å². The molecule has 2 saturated heterocycles. The SMILES string of the molecule is CC[C@H](CN1CC[C@H](CNC(=O)c2cc(-c3ccc(Cl)cc3)sn2)N[C@H](CCN2CCCCC2)C1=O)c1ccccc1. The number of nitrogens with zero attached hydrogens (tertiary/aromatic N) is 3. The number of hydrogen-bond acceptors (Lipinski definition) is 6. The molecule has 9 heteroatoms. The fourth-order valence-corrected chi connectivity index (χ4v) is 6.89. The van der Waals surface area contributed by atoms with Crippen LogP contribution in [0.1, 0.15) is 67.4 Å². The van der Waals surface area contributed by atoms with Gasteiger partial charge in [0.15, 0.2) is 0 Å². The van der Waals surface area contributed by atoms with Gasteiger partial charge >= 0.3 is 0 Å². The van der Waals surface area contributed by atoms with Gasteiger partial charge in [0, 0.05) is 43.2 Å². The number of piperidine rings is 1. The molecule has 2 aromatic carbocycles. The molecule has 0 radical (unpaired) electrons. The lowest BCUT2D eigenvalue weighted by Gasteiger charge is -2.31. The van der Waals surface area contributed by atoms with Crippen LogP contribution in [0.25, 0.3) is 10.4 Å². The number of aromatic nitrogens is 1. The van der Waals surface area contributed by atoms with E-state index >= 15 is 0 Å². The zero-order valence-corrected chi connectivity index (χ0v) is 26.0. The van der Waals surface area contributed by atoms with Gasteiger partial charge in [0.2, 0.25) is 5.91 Å².